The first-order valence-corrected chi connectivity index (χ1v) is 7.49. The van der Waals surface area contributed by atoms with Crippen LogP contribution in [0.25, 0.3) is 0 Å². The largest absolute Gasteiger partial charge is 0.486 e. The Labute approximate surface area is 126 Å². The highest BCUT2D eigenvalue weighted by atomic mass is 16.5. The molecule has 0 bridgehead atoms. The number of hydrogen-bond donors (Lipinski definition) is 1. The van der Waals surface area contributed by atoms with E-state index in [9.17, 15) is 0 Å². The van der Waals surface area contributed by atoms with Gasteiger partial charge in [-0.15, -0.1) is 0 Å². The van der Waals surface area contributed by atoms with Crippen LogP contribution < -0.4 is 10.1 Å². The van der Waals surface area contributed by atoms with Crippen LogP contribution in [0.2, 0.25) is 0 Å². The van der Waals surface area contributed by atoms with Crippen LogP contribution in [-0.2, 0) is 19.7 Å². The second-order valence-electron chi connectivity index (χ2n) is 5.39. The molecule has 0 aliphatic rings. The minimum absolute atomic E-state index is 0.460. The topological polar surface area (TPSA) is 52.0 Å². The lowest BCUT2D eigenvalue weighted by atomic mass is 10.3. The summed E-state index contributed by atoms with van der Waals surface area (Å²) in [5.74, 6) is 0.785. The van der Waals surface area contributed by atoms with Crippen LogP contribution in [0.4, 0.5) is 0 Å². The predicted octanol–water partition coefficient (Wildman–Crippen LogP) is 2.77. The molecule has 0 amide bonds. The van der Waals surface area contributed by atoms with Crippen molar-refractivity contribution in [2.45, 2.75) is 52.9 Å². The third-order valence-corrected chi connectivity index (χ3v) is 3.14. The van der Waals surface area contributed by atoms with Crippen LogP contribution >= 0.6 is 0 Å². The van der Waals surface area contributed by atoms with E-state index in [1.165, 1.54) is 0 Å². The van der Waals surface area contributed by atoms with Crippen molar-refractivity contribution in [3.63, 3.8) is 0 Å². The zero-order valence-corrected chi connectivity index (χ0v) is 13.0. The van der Waals surface area contributed by atoms with Gasteiger partial charge >= 0.3 is 0 Å². The molecule has 1 N–H and O–H groups in total. The zero-order chi connectivity index (χ0) is 15.1. The number of imidazole rings is 1. The number of nitrogens with zero attached hydrogens (tertiary/aromatic N) is 3. The third-order valence-electron chi connectivity index (χ3n) is 3.14. The Bertz CT molecular complexity index is 533. The molecule has 21 heavy (non-hydrogen) atoms. The molecule has 2 aromatic rings. The normalized spacial score (nSPS) is 11.0. The van der Waals surface area contributed by atoms with Crippen molar-refractivity contribution < 1.29 is 4.74 Å². The van der Waals surface area contributed by atoms with Crippen molar-refractivity contribution in [1.82, 2.24) is 19.9 Å². The summed E-state index contributed by atoms with van der Waals surface area (Å²) in [6.07, 6.45) is 6.56. The van der Waals surface area contributed by atoms with Gasteiger partial charge < -0.3 is 14.6 Å². The molecule has 0 radical (unpaired) electrons. The van der Waals surface area contributed by atoms with E-state index in [4.69, 9.17) is 4.74 Å². The van der Waals surface area contributed by atoms with Gasteiger partial charge in [-0.1, -0.05) is 20.8 Å². The molecule has 5 nitrogen and oxygen atoms in total. The van der Waals surface area contributed by atoms with Crippen molar-refractivity contribution in [2.75, 3.05) is 0 Å². The van der Waals surface area contributed by atoms with Gasteiger partial charge in [0.1, 0.15) is 12.4 Å². The maximum atomic E-state index is 5.77. The van der Waals surface area contributed by atoms with Crippen LogP contribution in [0.3, 0.4) is 0 Å². The lowest BCUT2D eigenvalue weighted by Crippen LogP contribution is -2.22. The first-order valence-electron chi connectivity index (χ1n) is 7.49. The number of aryl methyl sites for hydroxylation is 1. The van der Waals surface area contributed by atoms with Crippen molar-refractivity contribution in [3.05, 3.63) is 42.2 Å². The molecule has 0 atom stereocenters. The van der Waals surface area contributed by atoms with Crippen LogP contribution in [0, 0.1) is 0 Å². The van der Waals surface area contributed by atoms with Crippen molar-refractivity contribution in [2.24, 2.45) is 0 Å². The van der Waals surface area contributed by atoms with E-state index in [1.807, 2.05) is 24.7 Å². The maximum absolute atomic E-state index is 5.77. The molecule has 0 aliphatic heterocycles. The number of pyridine rings is 1. The summed E-state index contributed by atoms with van der Waals surface area (Å²) in [7, 11) is 0. The van der Waals surface area contributed by atoms with Crippen molar-refractivity contribution in [1.29, 1.82) is 0 Å². The van der Waals surface area contributed by atoms with Crippen LogP contribution in [0.5, 0.6) is 5.75 Å². The first-order chi connectivity index (χ1) is 10.2. The fraction of sp³-hybridized carbons (Fsp3) is 0.500. The molecule has 0 unspecified atom stereocenters. The van der Waals surface area contributed by atoms with E-state index >= 15 is 0 Å². The molecular weight excluding hydrogens is 264 g/mol. The Hall–Kier alpha value is -1.88. The Morgan fingerprint density at radius 2 is 2.14 bits per heavy atom. The number of ether oxygens (including phenoxy) is 1. The van der Waals surface area contributed by atoms with Gasteiger partial charge in [-0.2, -0.15) is 0 Å². The standard InChI is InChI=1S/C16H24N4O/c1-4-7-20-12-17-9-15(20)11-21-16-6-5-14(19-10-16)8-18-13(2)3/h5-6,9-10,12-13,18H,4,7-8,11H2,1-3H3. The number of aromatic nitrogens is 3. The second kappa shape index (κ2) is 7.78. The van der Waals surface area contributed by atoms with E-state index in [2.05, 4.69) is 40.6 Å². The SMILES string of the molecule is CCCn1cncc1COc1ccc(CNC(C)C)nc1. The van der Waals surface area contributed by atoms with Crippen LogP contribution in [0.15, 0.2) is 30.9 Å². The molecular formula is C16H24N4O. The first kappa shape index (κ1) is 15.5. The monoisotopic (exact) mass is 288 g/mol. The molecule has 114 valence electrons. The van der Waals surface area contributed by atoms with Gasteiger partial charge in [0.15, 0.2) is 0 Å². The lowest BCUT2D eigenvalue weighted by Gasteiger charge is -2.10. The molecule has 0 aromatic carbocycles. The molecule has 0 aliphatic carbocycles. The Kier molecular flexibility index (Phi) is 5.75. The van der Waals surface area contributed by atoms with Gasteiger partial charge in [0, 0.05) is 19.1 Å². The Morgan fingerprint density at radius 1 is 1.29 bits per heavy atom. The van der Waals surface area contributed by atoms with E-state index in [1.54, 1.807) is 6.20 Å². The molecule has 2 heterocycles. The molecule has 0 saturated heterocycles. The number of rotatable bonds is 8. The summed E-state index contributed by atoms with van der Waals surface area (Å²) >= 11 is 0. The van der Waals surface area contributed by atoms with Gasteiger partial charge in [-0.3, -0.25) is 4.98 Å². The van der Waals surface area contributed by atoms with Gasteiger partial charge in [-0.05, 0) is 18.6 Å². The van der Waals surface area contributed by atoms with Gasteiger partial charge in [0.05, 0.1) is 30.1 Å². The fourth-order valence-electron chi connectivity index (χ4n) is 1.98. The minimum atomic E-state index is 0.460. The Morgan fingerprint density at radius 3 is 2.81 bits per heavy atom. The van der Waals surface area contributed by atoms with E-state index in [0.29, 0.717) is 12.6 Å². The summed E-state index contributed by atoms with van der Waals surface area (Å²) in [6.45, 7) is 8.66. The molecule has 2 aromatic heterocycles. The average Bonchev–Trinajstić information content (AvgIpc) is 2.92. The highest BCUT2D eigenvalue weighted by Crippen LogP contribution is 2.12. The molecule has 2 rings (SSSR count). The van der Waals surface area contributed by atoms with Gasteiger partial charge in [-0.25, -0.2) is 4.98 Å². The molecule has 0 fully saturated rings. The smallest absolute Gasteiger partial charge is 0.138 e. The van der Waals surface area contributed by atoms with Crippen molar-refractivity contribution >= 4 is 0 Å². The third kappa shape index (κ3) is 4.86. The summed E-state index contributed by atoms with van der Waals surface area (Å²) < 4.78 is 7.89. The summed E-state index contributed by atoms with van der Waals surface area (Å²) in [5, 5.41) is 3.34. The second-order valence-corrected chi connectivity index (χ2v) is 5.39. The van der Waals surface area contributed by atoms with Gasteiger partial charge in [0.2, 0.25) is 0 Å². The predicted molar refractivity (Wildman–Crippen MR) is 83.1 cm³/mol. The summed E-state index contributed by atoms with van der Waals surface area (Å²) in [5.41, 5.74) is 2.11. The highest BCUT2D eigenvalue weighted by Gasteiger charge is 2.03. The molecule has 5 heteroatoms. The zero-order valence-electron chi connectivity index (χ0n) is 13.0. The van der Waals surface area contributed by atoms with Crippen molar-refractivity contribution in [3.8, 4) is 5.75 Å². The quantitative estimate of drug-likeness (QED) is 0.811. The summed E-state index contributed by atoms with van der Waals surface area (Å²) in [6, 6.07) is 4.42. The van der Waals surface area contributed by atoms with Crippen LogP contribution in [0.1, 0.15) is 38.6 Å². The molecule has 0 saturated carbocycles. The minimum Gasteiger partial charge on any atom is -0.486 e. The van der Waals surface area contributed by atoms with E-state index < -0.39 is 0 Å². The van der Waals surface area contributed by atoms with Crippen LogP contribution in [-0.4, -0.2) is 20.6 Å². The Balaban J connectivity index is 1.87. The average molecular weight is 288 g/mol. The van der Waals surface area contributed by atoms with Gasteiger partial charge in [0.25, 0.3) is 0 Å². The maximum Gasteiger partial charge on any atom is 0.138 e. The fourth-order valence-corrected chi connectivity index (χ4v) is 1.98. The molecule has 0 spiro atoms. The number of hydrogen-bond acceptors (Lipinski definition) is 4. The number of nitrogens with one attached hydrogen (secondary N) is 1. The summed E-state index contributed by atoms with van der Waals surface area (Å²) in [4.78, 5) is 8.57. The highest BCUT2D eigenvalue weighted by molar-refractivity contribution is 5.20. The van der Waals surface area contributed by atoms with E-state index in [0.717, 1.165) is 36.6 Å². The lowest BCUT2D eigenvalue weighted by molar-refractivity contribution is 0.293. The van der Waals surface area contributed by atoms with E-state index in [-0.39, 0.29) is 0 Å².